The minimum absolute atomic E-state index is 0.171. The van der Waals surface area contributed by atoms with Gasteiger partial charge < -0.3 is 9.80 Å². The van der Waals surface area contributed by atoms with Crippen molar-refractivity contribution in [2.75, 3.05) is 27.2 Å². The molecule has 0 saturated carbocycles. The third-order valence-electron chi connectivity index (χ3n) is 6.58. The standard InChI is InChI=1S/C27H28FN3O4/c1-17(32)31-16-23(22-15-20(6-9-24(22)31)25(33)27(35)29(2)3)26(34)30-12-10-19(11-13-30)14-18-4-7-21(28)8-5-18/h4-9,15-16,19H,10-14H2,1-3H3. The third kappa shape index (κ3) is 5.01. The summed E-state index contributed by atoms with van der Waals surface area (Å²) in [7, 11) is 3.00. The Bertz CT molecular complexity index is 1300. The predicted octanol–water partition coefficient (Wildman–Crippen LogP) is 3.81. The maximum absolute atomic E-state index is 13.5. The Balaban J connectivity index is 1.56. The summed E-state index contributed by atoms with van der Waals surface area (Å²) in [5, 5.41) is 0.469. The molecular formula is C27H28FN3O4. The Labute approximate surface area is 203 Å². The third-order valence-corrected chi connectivity index (χ3v) is 6.58. The quantitative estimate of drug-likeness (QED) is 0.414. The molecular weight excluding hydrogens is 449 g/mol. The summed E-state index contributed by atoms with van der Waals surface area (Å²) in [4.78, 5) is 53.4. The molecule has 2 aromatic carbocycles. The van der Waals surface area contributed by atoms with Crippen molar-refractivity contribution in [2.45, 2.75) is 26.2 Å². The molecule has 1 aliphatic heterocycles. The molecule has 0 unspecified atom stereocenters. The van der Waals surface area contributed by atoms with E-state index in [1.54, 1.807) is 23.1 Å². The van der Waals surface area contributed by atoms with Gasteiger partial charge in [0.1, 0.15) is 5.82 Å². The van der Waals surface area contributed by atoms with Crippen LogP contribution in [0.5, 0.6) is 0 Å². The minimum Gasteiger partial charge on any atom is -0.342 e. The summed E-state index contributed by atoms with van der Waals surface area (Å²) >= 11 is 0. The fourth-order valence-electron chi connectivity index (χ4n) is 4.59. The first-order valence-electron chi connectivity index (χ1n) is 11.6. The van der Waals surface area contributed by atoms with Crippen LogP contribution in [0.4, 0.5) is 4.39 Å². The number of Topliss-reactive ketones (excluding diaryl/α,β-unsaturated/α-hetero) is 1. The van der Waals surface area contributed by atoms with E-state index in [-0.39, 0.29) is 23.2 Å². The Hall–Kier alpha value is -3.81. The lowest BCUT2D eigenvalue weighted by molar-refractivity contribution is -0.124. The summed E-state index contributed by atoms with van der Waals surface area (Å²) in [6, 6.07) is 11.1. The van der Waals surface area contributed by atoms with Crippen LogP contribution in [0.15, 0.2) is 48.7 Å². The Kier molecular flexibility index (Phi) is 6.82. The van der Waals surface area contributed by atoms with E-state index in [0.717, 1.165) is 24.8 Å². The van der Waals surface area contributed by atoms with Crippen LogP contribution in [0.25, 0.3) is 10.9 Å². The summed E-state index contributed by atoms with van der Waals surface area (Å²) in [5.41, 5.74) is 2.09. The number of aromatic nitrogens is 1. The molecule has 1 aliphatic rings. The van der Waals surface area contributed by atoms with Gasteiger partial charge in [-0.05, 0) is 61.1 Å². The van der Waals surface area contributed by atoms with E-state index < -0.39 is 11.7 Å². The molecule has 1 saturated heterocycles. The molecule has 7 nitrogen and oxygen atoms in total. The topological polar surface area (TPSA) is 79.7 Å². The van der Waals surface area contributed by atoms with E-state index in [1.165, 1.54) is 60.9 Å². The molecule has 182 valence electrons. The van der Waals surface area contributed by atoms with Gasteiger partial charge >= 0.3 is 0 Å². The number of likely N-dealkylation sites (N-methyl/N-ethyl adjacent to an activating group) is 1. The fraction of sp³-hybridized carbons (Fsp3) is 0.333. The van der Waals surface area contributed by atoms with Gasteiger partial charge in [0.15, 0.2) is 0 Å². The number of piperidine rings is 1. The first-order valence-corrected chi connectivity index (χ1v) is 11.6. The van der Waals surface area contributed by atoms with Crippen LogP contribution in [-0.4, -0.2) is 65.1 Å². The zero-order valence-corrected chi connectivity index (χ0v) is 20.1. The number of fused-ring (bicyclic) bond motifs is 1. The number of likely N-dealkylation sites (tertiary alicyclic amines) is 1. The number of benzene rings is 2. The van der Waals surface area contributed by atoms with Gasteiger partial charge in [-0.3, -0.25) is 23.7 Å². The molecule has 8 heteroatoms. The largest absolute Gasteiger partial charge is 0.342 e. The van der Waals surface area contributed by atoms with E-state index >= 15 is 0 Å². The first-order chi connectivity index (χ1) is 16.7. The molecule has 2 heterocycles. The van der Waals surface area contributed by atoms with Crippen LogP contribution in [0.1, 0.15) is 50.8 Å². The van der Waals surface area contributed by atoms with Gasteiger partial charge in [-0.2, -0.15) is 0 Å². The second-order valence-corrected chi connectivity index (χ2v) is 9.26. The van der Waals surface area contributed by atoms with Gasteiger partial charge in [-0.25, -0.2) is 4.39 Å². The number of amides is 2. The van der Waals surface area contributed by atoms with Crippen LogP contribution < -0.4 is 0 Å². The fourth-order valence-corrected chi connectivity index (χ4v) is 4.59. The Morgan fingerprint density at radius 2 is 1.66 bits per heavy atom. The van der Waals surface area contributed by atoms with E-state index in [2.05, 4.69) is 0 Å². The van der Waals surface area contributed by atoms with Crippen LogP contribution in [0, 0.1) is 11.7 Å². The van der Waals surface area contributed by atoms with Crippen LogP contribution in [0.3, 0.4) is 0 Å². The number of hydrogen-bond acceptors (Lipinski definition) is 4. The highest BCUT2D eigenvalue weighted by molar-refractivity contribution is 6.43. The second-order valence-electron chi connectivity index (χ2n) is 9.26. The maximum Gasteiger partial charge on any atom is 0.294 e. The Morgan fingerprint density at radius 1 is 1.00 bits per heavy atom. The lowest BCUT2D eigenvalue weighted by Gasteiger charge is -2.32. The van der Waals surface area contributed by atoms with Crippen molar-refractivity contribution in [1.29, 1.82) is 0 Å². The molecule has 0 atom stereocenters. The van der Waals surface area contributed by atoms with Crippen LogP contribution in [-0.2, 0) is 11.2 Å². The van der Waals surface area contributed by atoms with E-state index in [9.17, 15) is 23.6 Å². The van der Waals surface area contributed by atoms with Crippen molar-refractivity contribution in [1.82, 2.24) is 14.4 Å². The van der Waals surface area contributed by atoms with Gasteiger partial charge in [0, 0.05) is 51.3 Å². The molecule has 35 heavy (non-hydrogen) atoms. The first kappa shape index (κ1) is 24.3. The van der Waals surface area contributed by atoms with E-state index in [4.69, 9.17) is 0 Å². The molecule has 0 radical (unpaired) electrons. The van der Waals surface area contributed by atoms with Gasteiger partial charge in [0.05, 0.1) is 11.1 Å². The number of halogens is 1. The molecule has 0 spiro atoms. The van der Waals surface area contributed by atoms with Crippen molar-refractivity contribution in [2.24, 2.45) is 5.92 Å². The van der Waals surface area contributed by atoms with Crippen molar-refractivity contribution in [3.05, 3.63) is 71.2 Å². The molecule has 1 aromatic heterocycles. The number of hydrogen-bond donors (Lipinski definition) is 0. The lowest BCUT2D eigenvalue weighted by Crippen LogP contribution is -2.38. The highest BCUT2D eigenvalue weighted by Crippen LogP contribution is 2.28. The van der Waals surface area contributed by atoms with E-state index in [1.807, 2.05) is 0 Å². The minimum atomic E-state index is -0.674. The number of ketones is 1. The SMILES string of the molecule is CC(=O)n1cc(C(=O)N2CCC(Cc3ccc(F)cc3)CC2)c2cc(C(=O)C(=O)N(C)C)ccc21. The van der Waals surface area contributed by atoms with Gasteiger partial charge in [-0.1, -0.05) is 12.1 Å². The molecule has 0 bridgehead atoms. The smallest absolute Gasteiger partial charge is 0.294 e. The summed E-state index contributed by atoms with van der Waals surface area (Å²) < 4.78 is 14.6. The molecule has 3 aromatic rings. The van der Waals surface area contributed by atoms with Crippen molar-refractivity contribution >= 4 is 34.4 Å². The molecule has 1 fully saturated rings. The van der Waals surface area contributed by atoms with Crippen LogP contribution >= 0.6 is 0 Å². The Morgan fingerprint density at radius 3 is 2.26 bits per heavy atom. The number of rotatable bonds is 5. The maximum atomic E-state index is 13.5. The summed E-state index contributed by atoms with van der Waals surface area (Å²) in [5.74, 6) is -1.66. The average Bonchev–Trinajstić information content (AvgIpc) is 3.23. The summed E-state index contributed by atoms with van der Waals surface area (Å²) in [6.45, 7) is 2.54. The second kappa shape index (κ2) is 9.82. The average molecular weight is 478 g/mol. The molecule has 2 amide bonds. The van der Waals surface area contributed by atoms with E-state index in [0.29, 0.717) is 35.5 Å². The molecule has 0 N–H and O–H groups in total. The zero-order valence-electron chi connectivity index (χ0n) is 20.1. The highest BCUT2D eigenvalue weighted by Gasteiger charge is 2.28. The predicted molar refractivity (Wildman–Crippen MR) is 130 cm³/mol. The van der Waals surface area contributed by atoms with Gasteiger partial charge in [0.2, 0.25) is 11.7 Å². The number of nitrogens with zero attached hydrogens (tertiary/aromatic N) is 3. The van der Waals surface area contributed by atoms with Gasteiger partial charge in [-0.15, -0.1) is 0 Å². The normalized spacial score (nSPS) is 14.2. The lowest BCUT2D eigenvalue weighted by atomic mass is 9.90. The van der Waals surface area contributed by atoms with Crippen molar-refractivity contribution < 1.29 is 23.6 Å². The highest BCUT2D eigenvalue weighted by atomic mass is 19.1. The van der Waals surface area contributed by atoms with Gasteiger partial charge in [0.25, 0.3) is 11.8 Å². The van der Waals surface area contributed by atoms with Crippen molar-refractivity contribution in [3.63, 3.8) is 0 Å². The zero-order chi connectivity index (χ0) is 25.3. The monoisotopic (exact) mass is 477 g/mol. The van der Waals surface area contributed by atoms with Crippen LogP contribution in [0.2, 0.25) is 0 Å². The summed E-state index contributed by atoms with van der Waals surface area (Å²) in [6.07, 6.45) is 3.98. The molecule has 0 aliphatic carbocycles. The number of carbonyl (C=O) groups is 4. The number of carbonyl (C=O) groups excluding carboxylic acids is 4. The van der Waals surface area contributed by atoms with Crippen molar-refractivity contribution in [3.8, 4) is 0 Å². The molecule has 4 rings (SSSR count).